The van der Waals surface area contributed by atoms with E-state index < -0.39 is 0 Å². The molecule has 0 saturated heterocycles. The van der Waals surface area contributed by atoms with E-state index in [1.54, 1.807) is 0 Å². The van der Waals surface area contributed by atoms with Gasteiger partial charge in [0, 0.05) is 26.1 Å². The van der Waals surface area contributed by atoms with Crippen LogP contribution in [0, 0.1) is 0 Å². The lowest BCUT2D eigenvalue weighted by Crippen LogP contribution is -2.30. The summed E-state index contributed by atoms with van der Waals surface area (Å²) in [5, 5.41) is 6.38. The van der Waals surface area contributed by atoms with Gasteiger partial charge in [-0.25, -0.2) is 4.98 Å². The average Bonchev–Trinajstić information content (AvgIpc) is 3.21. The number of rotatable bonds is 6. The molecule has 1 aliphatic rings. The molecule has 1 aromatic carbocycles. The van der Waals surface area contributed by atoms with Crippen LogP contribution < -0.4 is 10.6 Å². The van der Waals surface area contributed by atoms with Crippen LogP contribution in [0.5, 0.6) is 0 Å². The Labute approximate surface area is 124 Å². The zero-order chi connectivity index (χ0) is 14.8. The second-order valence-corrected chi connectivity index (χ2v) is 5.79. The van der Waals surface area contributed by atoms with Crippen LogP contribution in [-0.2, 0) is 11.8 Å². The van der Waals surface area contributed by atoms with Crippen molar-refractivity contribution in [2.24, 2.45) is 7.05 Å². The van der Waals surface area contributed by atoms with E-state index in [0.29, 0.717) is 19.0 Å². The first kappa shape index (κ1) is 14.1. The summed E-state index contributed by atoms with van der Waals surface area (Å²) in [6.07, 6.45) is 2.79. The number of imidazole rings is 1. The van der Waals surface area contributed by atoms with Crippen molar-refractivity contribution in [2.45, 2.75) is 38.3 Å². The molecule has 1 aliphatic carbocycles. The van der Waals surface area contributed by atoms with Crippen molar-refractivity contribution >= 4 is 16.9 Å². The highest BCUT2D eigenvalue weighted by Gasteiger charge is 2.23. The van der Waals surface area contributed by atoms with Crippen LogP contribution >= 0.6 is 0 Å². The number of hydrogen-bond acceptors (Lipinski definition) is 3. The van der Waals surface area contributed by atoms with Crippen molar-refractivity contribution in [2.75, 3.05) is 6.54 Å². The van der Waals surface area contributed by atoms with Gasteiger partial charge in [-0.1, -0.05) is 12.1 Å². The highest BCUT2D eigenvalue weighted by atomic mass is 16.1. The third-order valence-electron chi connectivity index (χ3n) is 3.95. The number of nitrogens with zero attached hydrogens (tertiary/aromatic N) is 2. The molecule has 0 spiro atoms. The van der Waals surface area contributed by atoms with Gasteiger partial charge in [-0.2, -0.15) is 0 Å². The molecule has 1 amide bonds. The molecule has 1 heterocycles. The summed E-state index contributed by atoms with van der Waals surface area (Å²) in [6, 6.07) is 8.68. The lowest BCUT2D eigenvalue weighted by atomic mass is 10.3. The molecule has 3 rings (SSSR count). The number of carbonyl (C=O) groups excluding carboxylic acids is 1. The maximum atomic E-state index is 11.6. The minimum atomic E-state index is 0.121. The lowest BCUT2D eigenvalue weighted by molar-refractivity contribution is -0.121. The Balaban J connectivity index is 1.57. The standard InChI is InChI=1S/C16H22N4O/c1-11(17-10-9-15(21)18-12-7-8-12)16-19-13-5-3-4-6-14(13)20(16)2/h3-6,11-12,17H,7-10H2,1-2H3,(H,18,21). The SMILES string of the molecule is CC(NCCC(=O)NC1CC1)c1nc2ccccc2n1C. The van der Waals surface area contributed by atoms with E-state index in [9.17, 15) is 4.79 Å². The summed E-state index contributed by atoms with van der Waals surface area (Å²) in [5.41, 5.74) is 2.14. The van der Waals surface area contributed by atoms with Gasteiger partial charge < -0.3 is 15.2 Å². The summed E-state index contributed by atoms with van der Waals surface area (Å²) < 4.78 is 2.11. The first-order valence-electron chi connectivity index (χ1n) is 7.59. The monoisotopic (exact) mass is 286 g/mol. The number of carbonyl (C=O) groups is 1. The van der Waals surface area contributed by atoms with E-state index in [1.165, 1.54) is 0 Å². The van der Waals surface area contributed by atoms with Gasteiger partial charge in [0.25, 0.3) is 0 Å². The van der Waals surface area contributed by atoms with Gasteiger partial charge in [0.05, 0.1) is 17.1 Å². The predicted octanol–water partition coefficient (Wildman–Crippen LogP) is 1.89. The van der Waals surface area contributed by atoms with Crippen LogP contribution in [0.3, 0.4) is 0 Å². The molecule has 5 heteroatoms. The van der Waals surface area contributed by atoms with Crippen molar-refractivity contribution in [3.8, 4) is 0 Å². The first-order chi connectivity index (χ1) is 10.1. The third-order valence-corrected chi connectivity index (χ3v) is 3.95. The highest BCUT2D eigenvalue weighted by Crippen LogP contribution is 2.19. The van der Waals surface area contributed by atoms with Gasteiger partial charge in [0.2, 0.25) is 5.91 Å². The zero-order valence-corrected chi connectivity index (χ0v) is 12.6. The topological polar surface area (TPSA) is 59.0 Å². The van der Waals surface area contributed by atoms with Crippen LogP contribution in [0.1, 0.15) is 38.1 Å². The largest absolute Gasteiger partial charge is 0.353 e. The van der Waals surface area contributed by atoms with Crippen molar-refractivity contribution < 1.29 is 4.79 Å². The Morgan fingerprint density at radius 2 is 2.19 bits per heavy atom. The summed E-state index contributed by atoms with van der Waals surface area (Å²) in [4.78, 5) is 16.3. The van der Waals surface area contributed by atoms with Crippen molar-refractivity contribution in [3.63, 3.8) is 0 Å². The maximum absolute atomic E-state index is 11.6. The molecule has 1 unspecified atom stereocenters. The number of nitrogens with one attached hydrogen (secondary N) is 2. The normalized spacial score (nSPS) is 16.1. The Kier molecular flexibility index (Phi) is 3.92. The maximum Gasteiger partial charge on any atom is 0.221 e. The fourth-order valence-electron chi connectivity index (χ4n) is 2.57. The zero-order valence-electron chi connectivity index (χ0n) is 12.6. The quantitative estimate of drug-likeness (QED) is 0.852. The van der Waals surface area contributed by atoms with E-state index in [4.69, 9.17) is 0 Å². The molecule has 1 atom stereocenters. The van der Waals surface area contributed by atoms with Gasteiger partial charge in [0.15, 0.2) is 0 Å². The second-order valence-electron chi connectivity index (χ2n) is 5.79. The number of fused-ring (bicyclic) bond motifs is 1. The summed E-state index contributed by atoms with van der Waals surface area (Å²) in [7, 11) is 2.03. The molecular weight excluding hydrogens is 264 g/mol. The number of aromatic nitrogens is 2. The molecule has 21 heavy (non-hydrogen) atoms. The fraction of sp³-hybridized carbons (Fsp3) is 0.500. The van der Waals surface area contributed by atoms with E-state index in [0.717, 1.165) is 29.7 Å². The summed E-state index contributed by atoms with van der Waals surface area (Å²) in [5.74, 6) is 1.14. The number of benzene rings is 1. The predicted molar refractivity (Wildman–Crippen MR) is 82.9 cm³/mol. The van der Waals surface area contributed by atoms with Crippen molar-refractivity contribution in [1.29, 1.82) is 0 Å². The molecule has 1 aromatic heterocycles. The molecule has 2 aromatic rings. The number of hydrogen-bond donors (Lipinski definition) is 2. The molecule has 1 saturated carbocycles. The van der Waals surface area contributed by atoms with Gasteiger partial charge >= 0.3 is 0 Å². The lowest BCUT2D eigenvalue weighted by Gasteiger charge is -2.13. The van der Waals surface area contributed by atoms with E-state index in [1.807, 2.05) is 25.2 Å². The smallest absolute Gasteiger partial charge is 0.221 e. The average molecular weight is 286 g/mol. The van der Waals surface area contributed by atoms with Crippen LogP contribution in [0.2, 0.25) is 0 Å². The van der Waals surface area contributed by atoms with Crippen molar-refractivity contribution in [1.82, 2.24) is 20.2 Å². The molecule has 0 aliphatic heterocycles. The molecule has 1 fully saturated rings. The van der Waals surface area contributed by atoms with Gasteiger partial charge in [-0.15, -0.1) is 0 Å². The van der Waals surface area contributed by atoms with Gasteiger partial charge in [0.1, 0.15) is 5.82 Å². The fourth-order valence-corrected chi connectivity index (χ4v) is 2.57. The van der Waals surface area contributed by atoms with Crippen LogP contribution in [0.25, 0.3) is 11.0 Å². The van der Waals surface area contributed by atoms with Crippen LogP contribution in [-0.4, -0.2) is 28.0 Å². The summed E-state index contributed by atoms with van der Waals surface area (Å²) in [6.45, 7) is 2.75. The number of amides is 1. The van der Waals surface area contributed by atoms with E-state index in [2.05, 4.69) is 33.2 Å². The Morgan fingerprint density at radius 3 is 2.90 bits per heavy atom. The Bertz CT molecular complexity index is 645. The minimum Gasteiger partial charge on any atom is -0.353 e. The Morgan fingerprint density at radius 1 is 1.43 bits per heavy atom. The molecule has 2 N–H and O–H groups in total. The third kappa shape index (κ3) is 3.24. The Hall–Kier alpha value is -1.88. The van der Waals surface area contributed by atoms with Crippen molar-refractivity contribution in [3.05, 3.63) is 30.1 Å². The molecule has 5 nitrogen and oxygen atoms in total. The molecule has 0 radical (unpaired) electrons. The van der Waals surface area contributed by atoms with Crippen LogP contribution in [0.4, 0.5) is 0 Å². The molecule has 0 bridgehead atoms. The van der Waals surface area contributed by atoms with E-state index >= 15 is 0 Å². The summed E-state index contributed by atoms with van der Waals surface area (Å²) >= 11 is 0. The van der Waals surface area contributed by atoms with Crippen LogP contribution in [0.15, 0.2) is 24.3 Å². The first-order valence-corrected chi connectivity index (χ1v) is 7.59. The van der Waals surface area contributed by atoms with E-state index in [-0.39, 0.29) is 11.9 Å². The highest BCUT2D eigenvalue weighted by molar-refractivity contribution is 5.77. The number of para-hydroxylation sites is 2. The molecule has 112 valence electrons. The minimum absolute atomic E-state index is 0.121. The second kappa shape index (κ2) is 5.85. The van der Waals surface area contributed by atoms with Gasteiger partial charge in [-0.05, 0) is 31.9 Å². The molecular formula is C16H22N4O. The number of aryl methyl sites for hydroxylation is 1. The van der Waals surface area contributed by atoms with Gasteiger partial charge in [-0.3, -0.25) is 4.79 Å².